The molecule has 0 spiro atoms. The van der Waals surface area contributed by atoms with Gasteiger partial charge in [-0.25, -0.2) is 4.39 Å². The fourth-order valence-corrected chi connectivity index (χ4v) is 3.01. The molecule has 0 atom stereocenters. The lowest BCUT2D eigenvalue weighted by atomic mass is 10.2. The number of amides is 1. The lowest BCUT2D eigenvalue weighted by Gasteiger charge is -2.06. The predicted octanol–water partition coefficient (Wildman–Crippen LogP) is 4.28. The fraction of sp³-hybridized carbons (Fsp3) is 0.154. The summed E-state index contributed by atoms with van der Waals surface area (Å²) < 4.78 is 14.7. The van der Waals surface area contributed by atoms with Crippen LogP contribution in [0.5, 0.6) is 0 Å². The molecule has 1 heterocycles. The Balaban J connectivity index is 1.93. The van der Waals surface area contributed by atoms with Crippen molar-refractivity contribution in [3.05, 3.63) is 55.4 Å². The van der Waals surface area contributed by atoms with Crippen LogP contribution in [0.15, 0.2) is 34.8 Å². The van der Waals surface area contributed by atoms with Gasteiger partial charge in [-0.05, 0) is 46.6 Å². The van der Waals surface area contributed by atoms with Crippen molar-refractivity contribution in [2.75, 3.05) is 6.54 Å². The van der Waals surface area contributed by atoms with Crippen LogP contribution in [0.3, 0.4) is 0 Å². The number of benzene rings is 1. The van der Waals surface area contributed by atoms with Gasteiger partial charge in [-0.2, -0.15) is 0 Å². The average molecular weight is 363 g/mol. The first-order chi connectivity index (χ1) is 9.08. The quantitative estimate of drug-likeness (QED) is 0.864. The highest BCUT2D eigenvalue weighted by Crippen LogP contribution is 2.21. The van der Waals surface area contributed by atoms with Crippen LogP contribution in [0.2, 0.25) is 4.34 Å². The zero-order chi connectivity index (χ0) is 13.8. The first kappa shape index (κ1) is 14.5. The molecule has 100 valence electrons. The molecule has 0 fully saturated rings. The van der Waals surface area contributed by atoms with Crippen molar-refractivity contribution in [1.29, 1.82) is 0 Å². The van der Waals surface area contributed by atoms with Gasteiger partial charge in [-0.1, -0.05) is 17.7 Å². The highest BCUT2D eigenvalue weighted by molar-refractivity contribution is 9.10. The Bertz CT molecular complexity index is 602. The van der Waals surface area contributed by atoms with Crippen molar-refractivity contribution >= 4 is 44.8 Å². The zero-order valence-corrected chi connectivity index (χ0v) is 12.9. The minimum Gasteiger partial charge on any atom is -0.352 e. The molecule has 19 heavy (non-hydrogen) atoms. The SMILES string of the molecule is O=C(NCCc1ccc(Cl)s1)c1cccc(Br)c1F. The number of carbonyl (C=O) groups is 1. The topological polar surface area (TPSA) is 29.1 Å². The van der Waals surface area contributed by atoms with Gasteiger partial charge in [-0.3, -0.25) is 4.79 Å². The van der Waals surface area contributed by atoms with Gasteiger partial charge in [0.2, 0.25) is 0 Å². The number of rotatable bonds is 4. The molecular formula is C13H10BrClFNOS. The second kappa shape index (κ2) is 6.50. The molecule has 0 unspecified atom stereocenters. The van der Waals surface area contributed by atoms with E-state index in [-0.39, 0.29) is 10.0 Å². The van der Waals surface area contributed by atoms with Crippen molar-refractivity contribution in [2.45, 2.75) is 6.42 Å². The molecule has 2 nitrogen and oxygen atoms in total. The van der Waals surface area contributed by atoms with Crippen LogP contribution < -0.4 is 5.32 Å². The Labute approximate surface area is 127 Å². The van der Waals surface area contributed by atoms with E-state index in [9.17, 15) is 9.18 Å². The van der Waals surface area contributed by atoms with E-state index in [1.165, 1.54) is 17.4 Å². The van der Waals surface area contributed by atoms with Crippen molar-refractivity contribution < 1.29 is 9.18 Å². The second-order valence-electron chi connectivity index (χ2n) is 3.81. The molecule has 1 N–H and O–H groups in total. The molecule has 0 saturated carbocycles. The Morgan fingerprint density at radius 2 is 2.16 bits per heavy atom. The smallest absolute Gasteiger partial charge is 0.254 e. The molecule has 2 rings (SSSR count). The lowest BCUT2D eigenvalue weighted by molar-refractivity contribution is 0.0950. The molecule has 0 aliphatic carbocycles. The second-order valence-corrected chi connectivity index (χ2v) is 6.47. The molecule has 0 bridgehead atoms. The molecule has 0 saturated heterocycles. The van der Waals surface area contributed by atoms with Crippen LogP contribution in [-0.4, -0.2) is 12.5 Å². The maximum Gasteiger partial charge on any atom is 0.254 e. The van der Waals surface area contributed by atoms with Crippen LogP contribution in [0.25, 0.3) is 0 Å². The van der Waals surface area contributed by atoms with E-state index in [2.05, 4.69) is 21.2 Å². The third kappa shape index (κ3) is 3.78. The number of nitrogens with one attached hydrogen (secondary N) is 1. The van der Waals surface area contributed by atoms with Gasteiger partial charge in [0.1, 0.15) is 5.82 Å². The van der Waals surface area contributed by atoms with Crippen molar-refractivity contribution in [3.63, 3.8) is 0 Å². The summed E-state index contributed by atoms with van der Waals surface area (Å²) in [5.41, 5.74) is 0.0404. The van der Waals surface area contributed by atoms with E-state index in [4.69, 9.17) is 11.6 Å². The van der Waals surface area contributed by atoms with Crippen molar-refractivity contribution in [1.82, 2.24) is 5.32 Å². The normalized spacial score (nSPS) is 10.5. The summed E-state index contributed by atoms with van der Waals surface area (Å²) in [4.78, 5) is 12.9. The zero-order valence-electron chi connectivity index (χ0n) is 9.75. The van der Waals surface area contributed by atoms with E-state index >= 15 is 0 Å². The summed E-state index contributed by atoms with van der Waals surface area (Å²) in [5, 5.41) is 2.69. The van der Waals surface area contributed by atoms with Gasteiger partial charge in [-0.15, -0.1) is 11.3 Å². The molecular weight excluding hydrogens is 353 g/mol. The highest BCUT2D eigenvalue weighted by atomic mass is 79.9. The summed E-state index contributed by atoms with van der Waals surface area (Å²) in [5.74, 6) is -0.958. The fourth-order valence-electron chi connectivity index (χ4n) is 1.56. The number of hydrogen-bond donors (Lipinski definition) is 1. The van der Waals surface area contributed by atoms with Gasteiger partial charge in [0.15, 0.2) is 0 Å². The standard InChI is InChI=1S/C13H10BrClFNOS/c14-10-3-1-2-9(12(10)16)13(18)17-7-6-8-4-5-11(15)19-8/h1-5H,6-7H2,(H,17,18). The summed E-state index contributed by atoms with van der Waals surface area (Å²) >= 11 is 10.3. The van der Waals surface area contributed by atoms with Gasteiger partial charge in [0.05, 0.1) is 14.4 Å². The minimum absolute atomic E-state index is 0.0404. The number of halogens is 3. The van der Waals surface area contributed by atoms with E-state index in [0.717, 1.165) is 9.21 Å². The predicted molar refractivity (Wildman–Crippen MR) is 79.5 cm³/mol. The van der Waals surface area contributed by atoms with Gasteiger partial charge < -0.3 is 5.32 Å². The molecule has 1 aromatic heterocycles. The molecule has 6 heteroatoms. The Morgan fingerprint density at radius 3 is 2.84 bits per heavy atom. The van der Waals surface area contributed by atoms with E-state index in [1.54, 1.807) is 12.1 Å². The Hall–Kier alpha value is -0.910. The average Bonchev–Trinajstić information content (AvgIpc) is 2.78. The molecule has 1 aromatic carbocycles. The van der Waals surface area contributed by atoms with E-state index in [0.29, 0.717) is 13.0 Å². The van der Waals surface area contributed by atoms with Crippen LogP contribution in [0.1, 0.15) is 15.2 Å². The number of thiophene rings is 1. The molecule has 2 aromatic rings. The molecule has 1 amide bonds. The van der Waals surface area contributed by atoms with Crippen molar-refractivity contribution in [3.8, 4) is 0 Å². The first-order valence-electron chi connectivity index (χ1n) is 5.54. The maximum absolute atomic E-state index is 13.7. The van der Waals surface area contributed by atoms with Crippen LogP contribution in [0.4, 0.5) is 4.39 Å². The monoisotopic (exact) mass is 361 g/mol. The van der Waals surface area contributed by atoms with Gasteiger partial charge in [0.25, 0.3) is 5.91 Å². The van der Waals surface area contributed by atoms with Crippen LogP contribution in [0, 0.1) is 5.82 Å². The largest absolute Gasteiger partial charge is 0.352 e. The third-order valence-electron chi connectivity index (χ3n) is 2.48. The number of hydrogen-bond acceptors (Lipinski definition) is 2. The summed E-state index contributed by atoms with van der Waals surface area (Å²) in [6.07, 6.45) is 0.679. The maximum atomic E-state index is 13.7. The Kier molecular flexibility index (Phi) is 4.96. The van der Waals surface area contributed by atoms with E-state index in [1.807, 2.05) is 12.1 Å². The molecule has 0 radical (unpaired) electrons. The van der Waals surface area contributed by atoms with Crippen LogP contribution in [-0.2, 0) is 6.42 Å². The first-order valence-corrected chi connectivity index (χ1v) is 7.53. The van der Waals surface area contributed by atoms with Crippen molar-refractivity contribution in [2.24, 2.45) is 0 Å². The van der Waals surface area contributed by atoms with E-state index < -0.39 is 11.7 Å². The van der Waals surface area contributed by atoms with Crippen LogP contribution >= 0.6 is 38.9 Å². The summed E-state index contributed by atoms with van der Waals surface area (Å²) in [6, 6.07) is 8.37. The third-order valence-corrected chi connectivity index (χ3v) is 4.39. The lowest BCUT2D eigenvalue weighted by Crippen LogP contribution is -2.26. The number of carbonyl (C=O) groups excluding carboxylic acids is 1. The van der Waals surface area contributed by atoms with Gasteiger partial charge >= 0.3 is 0 Å². The summed E-state index contributed by atoms with van der Waals surface area (Å²) in [6.45, 7) is 0.446. The molecule has 0 aliphatic rings. The highest BCUT2D eigenvalue weighted by Gasteiger charge is 2.13. The molecule has 0 aliphatic heterocycles. The Morgan fingerprint density at radius 1 is 1.37 bits per heavy atom. The minimum atomic E-state index is -0.542. The van der Waals surface area contributed by atoms with Gasteiger partial charge in [0, 0.05) is 11.4 Å². The summed E-state index contributed by atoms with van der Waals surface area (Å²) in [7, 11) is 0.